The van der Waals surface area contributed by atoms with E-state index in [1.807, 2.05) is 48.5 Å². The Morgan fingerprint density at radius 2 is 1.63 bits per heavy atom. The molecule has 1 aliphatic heterocycles. The van der Waals surface area contributed by atoms with Crippen molar-refractivity contribution in [3.63, 3.8) is 0 Å². The summed E-state index contributed by atoms with van der Waals surface area (Å²) in [7, 11) is 0. The zero-order chi connectivity index (χ0) is 13.4. The summed E-state index contributed by atoms with van der Waals surface area (Å²) < 4.78 is 0. The molecule has 0 radical (unpaired) electrons. The monoisotopic (exact) mass is 251 g/mol. The Morgan fingerprint density at radius 3 is 2.32 bits per heavy atom. The fraction of sp³-hybridized carbons (Fsp3) is 0.125. The average molecular weight is 251 g/mol. The molecule has 1 unspecified atom stereocenters. The van der Waals surface area contributed by atoms with Gasteiger partial charge < -0.3 is 0 Å². The van der Waals surface area contributed by atoms with Gasteiger partial charge in [-0.25, -0.2) is 0 Å². The normalized spacial score (nSPS) is 17.4. The van der Waals surface area contributed by atoms with Crippen LogP contribution < -0.4 is 0 Å². The molecule has 0 saturated carbocycles. The fourth-order valence-electron chi connectivity index (χ4n) is 2.61. The van der Waals surface area contributed by atoms with Crippen LogP contribution in [0.5, 0.6) is 0 Å². The molecule has 2 aromatic carbocycles. The first kappa shape index (κ1) is 11.7. The number of fused-ring (bicyclic) bond motifs is 1. The van der Waals surface area contributed by atoms with Crippen molar-refractivity contribution < 1.29 is 9.59 Å². The summed E-state index contributed by atoms with van der Waals surface area (Å²) in [6.07, 6.45) is 0. The van der Waals surface area contributed by atoms with Crippen molar-refractivity contribution >= 4 is 11.8 Å². The minimum Gasteiger partial charge on any atom is -0.275 e. The van der Waals surface area contributed by atoms with Gasteiger partial charge in [0.15, 0.2) is 0 Å². The van der Waals surface area contributed by atoms with Crippen LogP contribution in [0.1, 0.15) is 34.5 Å². The van der Waals surface area contributed by atoms with E-state index in [0.29, 0.717) is 5.56 Å². The van der Waals surface area contributed by atoms with Crippen molar-refractivity contribution in [3.8, 4) is 0 Å². The van der Waals surface area contributed by atoms with Crippen LogP contribution in [0.4, 0.5) is 0 Å². The minimum absolute atomic E-state index is 0.211. The smallest absolute Gasteiger partial charge is 0.261 e. The molecular weight excluding hydrogens is 238 g/mol. The van der Waals surface area contributed by atoms with E-state index < -0.39 is 0 Å². The zero-order valence-electron chi connectivity index (χ0n) is 10.5. The molecule has 3 heteroatoms. The second-order valence-electron chi connectivity index (χ2n) is 4.59. The summed E-state index contributed by atoms with van der Waals surface area (Å²) in [5.41, 5.74) is 2.47. The second kappa shape index (κ2) is 4.35. The molecule has 0 N–H and O–H groups in total. The third kappa shape index (κ3) is 1.74. The molecule has 19 heavy (non-hydrogen) atoms. The number of nitrogens with zero attached hydrogens (tertiary/aromatic N) is 1. The number of hydrogen-bond acceptors (Lipinski definition) is 2. The lowest BCUT2D eigenvalue weighted by Crippen LogP contribution is -2.33. The van der Waals surface area contributed by atoms with Crippen LogP contribution in [0, 0.1) is 0 Å². The van der Waals surface area contributed by atoms with Gasteiger partial charge in [-0.15, -0.1) is 0 Å². The van der Waals surface area contributed by atoms with Crippen molar-refractivity contribution in [1.29, 1.82) is 0 Å². The maximum Gasteiger partial charge on any atom is 0.261 e. The van der Waals surface area contributed by atoms with Gasteiger partial charge in [-0.05, 0) is 17.2 Å². The topological polar surface area (TPSA) is 37.4 Å². The summed E-state index contributed by atoms with van der Waals surface area (Å²) in [6, 6.07) is 16.7. The zero-order valence-corrected chi connectivity index (χ0v) is 10.5. The van der Waals surface area contributed by atoms with Crippen LogP contribution in [0.2, 0.25) is 0 Å². The Kier molecular flexibility index (Phi) is 2.67. The molecule has 1 aliphatic rings. The van der Waals surface area contributed by atoms with E-state index in [1.54, 1.807) is 6.07 Å². The van der Waals surface area contributed by atoms with Crippen molar-refractivity contribution in [2.45, 2.75) is 13.0 Å². The van der Waals surface area contributed by atoms with Crippen LogP contribution in [0.15, 0.2) is 54.6 Å². The maximum atomic E-state index is 12.3. The average Bonchev–Trinajstić information content (AvgIpc) is 2.74. The van der Waals surface area contributed by atoms with E-state index in [-0.39, 0.29) is 17.9 Å². The molecule has 0 bridgehead atoms. The van der Waals surface area contributed by atoms with E-state index in [4.69, 9.17) is 0 Å². The van der Waals surface area contributed by atoms with Crippen molar-refractivity contribution in [3.05, 3.63) is 71.3 Å². The standard InChI is InChI=1S/C16H13NO2/c1-11(18)17-15(12-7-3-2-4-8-12)13-9-5-6-10-14(13)16(17)19/h2-10,15H,1H3. The number of amides is 2. The van der Waals surface area contributed by atoms with Gasteiger partial charge in [0.2, 0.25) is 5.91 Å². The van der Waals surface area contributed by atoms with E-state index in [1.165, 1.54) is 11.8 Å². The van der Waals surface area contributed by atoms with E-state index in [2.05, 4.69) is 0 Å². The van der Waals surface area contributed by atoms with Gasteiger partial charge in [0.25, 0.3) is 5.91 Å². The van der Waals surface area contributed by atoms with Crippen molar-refractivity contribution in [2.24, 2.45) is 0 Å². The molecular formula is C16H13NO2. The SMILES string of the molecule is CC(=O)N1C(=O)c2ccccc2C1c1ccccc1. The summed E-state index contributed by atoms with van der Waals surface area (Å²) in [6.45, 7) is 1.43. The highest BCUT2D eigenvalue weighted by molar-refractivity contribution is 6.08. The second-order valence-corrected chi connectivity index (χ2v) is 4.59. The minimum atomic E-state index is -0.303. The Bertz CT molecular complexity index is 649. The Labute approximate surface area is 111 Å². The third-order valence-corrected chi connectivity index (χ3v) is 3.42. The first-order chi connectivity index (χ1) is 9.20. The number of rotatable bonds is 1. The lowest BCUT2D eigenvalue weighted by atomic mass is 9.98. The van der Waals surface area contributed by atoms with Crippen LogP contribution in [0.3, 0.4) is 0 Å². The van der Waals surface area contributed by atoms with Crippen LogP contribution in [0.25, 0.3) is 0 Å². The lowest BCUT2D eigenvalue weighted by Gasteiger charge is -2.22. The molecule has 0 spiro atoms. The quantitative estimate of drug-likeness (QED) is 0.781. The van der Waals surface area contributed by atoms with Crippen LogP contribution in [-0.2, 0) is 4.79 Å². The van der Waals surface area contributed by atoms with E-state index in [0.717, 1.165) is 11.1 Å². The molecule has 3 rings (SSSR count). The molecule has 0 aromatic heterocycles. The molecule has 0 fully saturated rings. The predicted octanol–water partition coefficient (Wildman–Crippen LogP) is 2.78. The summed E-state index contributed by atoms with van der Waals surface area (Å²) in [4.78, 5) is 25.5. The Morgan fingerprint density at radius 1 is 1.00 bits per heavy atom. The number of hydrogen-bond donors (Lipinski definition) is 0. The third-order valence-electron chi connectivity index (χ3n) is 3.42. The first-order valence-corrected chi connectivity index (χ1v) is 6.18. The molecule has 1 atom stereocenters. The van der Waals surface area contributed by atoms with Crippen molar-refractivity contribution in [2.75, 3.05) is 0 Å². The number of benzene rings is 2. The molecule has 2 aromatic rings. The Hall–Kier alpha value is -2.42. The first-order valence-electron chi connectivity index (χ1n) is 6.18. The van der Waals surface area contributed by atoms with Crippen LogP contribution in [-0.4, -0.2) is 16.7 Å². The molecule has 0 aliphatic carbocycles. The van der Waals surface area contributed by atoms with Gasteiger partial charge in [0.1, 0.15) is 0 Å². The number of carbonyl (C=O) groups excluding carboxylic acids is 2. The van der Waals surface area contributed by atoms with Gasteiger partial charge >= 0.3 is 0 Å². The molecule has 94 valence electrons. The number of carbonyl (C=O) groups is 2. The fourth-order valence-corrected chi connectivity index (χ4v) is 2.61. The number of imide groups is 1. The van der Waals surface area contributed by atoms with E-state index in [9.17, 15) is 9.59 Å². The summed E-state index contributed by atoms with van der Waals surface area (Å²) >= 11 is 0. The highest BCUT2D eigenvalue weighted by atomic mass is 16.2. The van der Waals surface area contributed by atoms with Gasteiger partial charge in [0, 0.05) is 12.5 Å². The van der Waals surface area contributed by atoms with Crippen molar-refractivity contribution in [1.82, 2.24) is 4.90 Å². The molecule has 0 saturated heterocycles. The highest BCUT2D eigenvalue weighted by Crippen LogP contribution is 2.38. The maximum absolute atomic E-state index is 12.3. The van der Waals surface area contributed by atoms with Gasteiger partial charge in [0.05, 0.1) is 6.04 Å². The molecule has 3 nitrogen and oxygen atoms in total. The largest absolute Gasteiger partial charge is 0.275 e. The van der Waals surface area contributed by atoms with Gasteiger partial charge in [-0.2, -0.15) is 0 Å². The summed E-state index contributed by atoms with van der Waals surface area (Å²) in [5, 5.41) is 0. The summed E-state index contributed by atoms with van der Waals surface area (Å²) in [5.74, 6) is -0.438. The van der Waals surface area contributed by atoms with Crippen LogP contribution >= 0.6 is 0 Å². The molecule has 2 amide bonds. The Balaban J connectivity index is 2.20. The van der Waals surface area contributed by atoms with Gasteiger partial charge in [-0.3, -0.25) is 14.5 Å². The van der Waals surface area contributed by atoms with Gasteiger partial charge in [-0.1, -0.05) is 48.5 Å². The lowest BCUT2D eigenvalue weighted by molar-refractivity contribution is -0.127. The highest BCUT2D eigenvalue weighted by Gasteiger charge is 2.39. The molecule has 1 heterocycles. The van der Waals surface area contributed by atoms with E-state index >= 15 is 0 Å². The predicted molar refractivity (Wildman–Crippen MR) is 71.6 cm³/mol.